The van der Waals surface area contributed by atoms with Crippen LogP contribution in [0.25, 0.3) is 0 Å². The standard InChI is InChI=1S/C12H14FNO3/c1-16-11(15)12(5-6-17-8-12)14-10-4-2-3-9(13)7-10/h2-4,7,14H,5-6,8H2,1H3. The molecule has 92 valence electrons. The first kappa shape index (κ1) is 11.9. The Labute approximate surface area is 98.7 Å². The molecular weight excluding hydrogens is 225 g/mol. The molecule has 1 unspecified atom stereocenters. The summed E-state index contributed by atoms with van der Waals surface area (Å²) in [4.78, 5) is 11.8. The molecule has 4 nitrogen and oxygen atoms in total. The van der Waals surface area contributed by atoms with Crippen LogP contribution < -0.4 is 5.32 Å². The van der Waals surface area contributed by atoms with Gasteiger partial charge in [-0.3, -0.25) is 0 Å². The summed E-state index contributed by atoms with van der Waals surface area (Å²) in [6.45, 7) is 0.716. The number of hydrogen-bond donors (Lipinski definition) is 1. The summed E-state index contributed by atoms with van der Waals surface area (Å²) in [7, 11) is 1.33. The minimum atomic E-state index is -0.900. The largest absolute Gasteiger partial charge is 0.467 e. The van der Waals surface area contributed by atoms with Crippen molar-refractivity contribution in [3.05, 3.63) is 30.1 Å². The SMILES string of the molecule is COC(=O)C1(Nc2cccc(F)c2)CCOC1. The highest BCUT2D eigenvalue weighted by Gasteiger charge is 2.43. The van der Waals surface area contributed by atoms with Crippen LogP contribution >= 0.6 is 0 Å². The molecule has 0 radical (unpaired) electrons. The summed E-state index contributed by atoms with van der Waals surface area (Å²) in [5, 5.41) is 3.01. The van der Waals surface area contributed by atoms with Crippen molar-refractivity contribution in [1.82, 2.24) is 0 Å². The monoisotopic (exact) mass is 239 g/mol. The molecule has 1 aliphatic heterocycles. The lowest BCUT2D eigenvalue weighted by Crippen LogP contribution is -2.47. The van der Waals surface area contributed by atoms with Crippen LogP contribution in [0.15, 0.2) is 24.3 Å². The van der Waals surface area contributed by atoms with Gasteiger partial charge in [0.05, 0.1) is 13.7 Å². The number of methoxy groups -OCH3 is 1. The second kappa shape index (κ2) is 4.71. The average molecular weight is 239 g/mol. The molecule has 1 atom stereocenters. The number of carbonyl (C=O) groups excluding carboxylic acids is 1. The van der Waals surface area contributed by atoms with Gasteiger partial charge in [-0.1, -0.05) is 6.07 Å². The average Bonchev–Trinajstić information content (AvgIpc) is 2.78. The zero-order valence-corrected chi connectivity index (χ0v) is 9.53. The maximum absolute atomic E-state index is 13.1. The fraction of sp³-hybridized carbons (Fsp3) is 0.417. The van der Waals surface area contributed by atoms with Gasteiger partial charge in [0, 0.05) is 18.7 Å². The predicted molar refractivity (Wildman–Crippen MR) is 60.2 cm³/mol. The second-order valence-electron chi connectivity index (χ2n) is 4.01. The molecule has 1 heterocycles. The summed E-state index contributed by atoms with van der Waals surface area (Å²) in [6, 6.07) is 5.97. The minimum Gasteiger partial charge on any atom is -0.467 e. The maximum Gasteiger partial charge on any atom is 0.334 e. The topological polar surface area (TPSA) is 47.6 Å². The number of rotatable bonds is 3. The molecule has 0 saturated carbocycles. The quantitative estimate of drug-likeness (QED) is 0.813. The van der Waals surface area contributed by atoms with Crippen molar-refractivity contribution in [1.29, 1.82) is 0 Å². The van der Waals surface area contributed by atoms with Gasteiger partial charge < -0.3 is 14.8 Å². The molecule has 1 aliphatic rings. The highest BCUT2D eigenvalue weighted by molar-refractivity contribution is 5.85. The number of halogens is 1. The third kappa shape index (κ3) is 2.39. The van der Waals surface area contributed by atoms with Crippen molar-refractivity contribution in [3.63, 3.8) is 0 Å². The molecule has 1 N–H and O–H groups in total. The van der Waals surface area contributed by atoms with E-state index in [-0.39, 0.29) is 18.4 Å². The van der Waals surface area contributed by atoms with Gasteiger partial charge in [0.15, 0.2) is 5.54 Å². The van der Waals surface area contributed by atoms with E-state index in [0.29, 0.717) is 18.7 Å². The second-order valence-corrected chi connectivity index (χ2v) is 4.01. The Bertz CT molecular complexity index is 416. The van der Waals surface area contributed by atoms with Crippen molar-refractivity contribution < 1.29 is 18.7 Å². The summed E-state index contributed by atoms with van der Waals surface area (Å²) < 4.78 is 23.1. The molecule has 0 spiro atoms. The van der Waals surface area contributed by atoms with Gasteiger partial charge in [-0.2, -0.15) is 0 Å². The van der Waals surface area contributed by atoms with Gasteiger partial charge in [-0.25, -0.2) is 9.18 Å². The number of ether oxygens (including phenoxy) is 2. The van der Waals surface area contributed by atoms with Crippen LogP contribution in [0.1, 0.15) is 6.42 Å². The van der Waals surface area contributed by atoms with Gasteiger partial charge in [-0.15, -0.1) is 0 Å². The summed E-state index contributed by atoms with van der Waals surface area (Å²) >= 11 is 0. The lowest BCUT2D eigenvalue weighted by atomic mass is 9.98. The Hall–Kier alpha value is -1.62. The third-order valence-corrected chi connectivity index (χ3v) is 2.81. The Balaban J connectivity index is 2.21. The number of carbonyl (C=O) groups is 1. The van der Waals surface area contributed by atoms with Crippen molar-refractivity contribution >= 4 is 11.7 Å². The van der Waals surface area contributed by atoms with Gasteiger partial charge in [0.1, 0.15) is 5.82 Å². The van der Waals surface area contributed by atoms with Crippen LogP contribution in [0, 0.1) is 5.82 Å². The number of anilines is 1. The Kier molecular flexibility index (Phi) is 3.28. The predicted octanol–water partition coefficient (Wildman–Crippen LogP) is 1.57. The zero-order chi connectivity index (χ0) is 12.3. The third-order valence-electron chi connectivity index (χ3n) is 2.81. The molecule has 1 aromatic carbocycles. The smallest absolute Gasteiger partial charge is 0.334 e. The first-order valence-corrected chi connectivity index (χ1v) is 5.36. The van der Waals surface area contributed by atoms with Crippen LogP contribution in [-0.4, -0.2) is 31.8 Å². The van der Waals surface area contributed by atoms with E-state index in [1.54, 1.807) is 12.1 Å². The molecule has 1 saturated heterocycles. The van der Waals surface area contributed by atoms with E-state index in [4.69, 9.17) is 9.47 Å². The van der Waals surface area contributed by atoms with Crippen molar-refractivity contribution in [2.45, 2.75) is 12.0 Å². The van der Waals surface area contributed by atoms with E-state index < -0.39 is 5.54 Å². The summed E-state index contributed by atoms with van der Waals surface area (Å²) in [5.41, 5.74) is -0.358. The van der Waals surface area contributed by atoms with E-state index >= 15 is 0 Å². The Morgan fingerprint density at radius 2 is 2.41 bits per heavy atom. The fourth-order valence-electron chi connectivity index (χ4n) is 1.91. The van der Waals surface area contributed by atoms with E-state index in [1.807, 2.05) is 0 Å². The normalized spacial score (nSPS) is 23.4. The number of benzene rings is 1. The first-order valence-electron chi connectivity index (χ1n) is 5.36. The number of hydrogen-bond acceptors (Lipinski definition) is 4. The Morgan fingerprint density at radius 1 is 1.59 bits per heavy atom. The van der Waals surface area contributed by atoms with Gasteiger partial charge in [-0.05, 0) is 18.2 Å². The molecular formula is C12H14FNO3. The van der Waals surface area contributed by atoms with Crippen molar-refractivity contribution in [2.75, 3.05) is 25.6 Å². The molecule has 5 heteroatoms. The van der Waals surface area contributed by atoms with Gasteiger partial charge in [0.25, 0.3) is 0 Å². The summed E-state index contributed by atoms with van der Waals surface area (Å²) in [5.74, 6) is -0.742. The number of nitrogens with one attached hydrogen (secondary N) is 1. The minimum absolute atomic E-state index is 0.232. The van der Waals surface area contributed by atoms with Crippen LogP contribution in [0.3, 0.4) is 0 Å². The molecule has 17 heavy (non-hydrogen) atoms. The lowest BCUT2D eigenvalue weighted by molar-refractivity contribution is -0.146. The molecule has 0 aromatic heterocycles. The molecule has 1 fully saturated rings. The molecule has 0 amide bonds. The maximum atomic E-state index is 13.1. The fourth-order valence-corrected chi connectivity index (χ4v) is 1.91. The Morgan fingerprint density at radius 3 is 3.00 bits per heavy atom. The van der Waals surface area contributed by atoms with E-state index in [2.05, 4.69) is 5.32 Å². The van der Waals surface area contributed by atoms with Crippen LogP contribution in [0.2, 0.25) is 0 Å². The van der Waals surface area contributed by atoms with Crippen molar-refractivity contribution in [3.8, 4) is 0 Å². The van der Waals surface area contributed by atoms with E-state index in [0.717, 1.165) is 0 Å². The molecule has 2 rings (SSSR count). The van der Waals surface area contributed by atoms with Gasteiger partial charge >= 0.3 is 5.97 Å². The lowest BCUT2D eigenvalue weighted by Gasteiger charge is -2.26. The van der Waals surface area contributed by atoms with Gasteiger partial charge in [0.2, 0.25) is 0 Å². The highest BCUT2D eigenvalue weighted by Crippen LogP contribution is 2.26. The molecule has 0 aliphatic carbocycles. The highest BCUT2D eigenvalue weighted by atomic mass is 19.1. The molecule has 1 aromatic rings. The van der Waals surface area contributed by atoms with Crippen LogP contribution in [0.5, 0.6) is 0 Å². The zero-order valence-electron chi connectivity index (χ0n) is 9.53. The van der Waals surface area contributed by atoms with E-state index in [1.165, 1.54) is 19.2 Å². The summed E-state index contributed by atoms with van der Waals surface area (Å²) in [6.07, 6.45) is 0.510. The van der Waals surface area contributed by atoms with Crippen LogP contribution in [-0.2, 0) is 14.3 Å². The number of esters is 1. The van der Waals surface area contributed by atoms with E-state index in [9.17, 15) is 9.18 Å². The van der Waals surface area contributed by atoms with Crippen LogP contribution in [0.4, 0.5) is 10.1 Å². The first-order chi connectivity index (χ1) is 8.16. The molecule has 0 bridgehead atoms. The van der Waals surface area contributed by atoms with Crippen molar-refractivity contribution in [2.24, 2.45) is 0 Å².